The van der Waals surface area contributed by atoms with E-state index in [1.807, 2.05) is 6.07 Å². The van der Waals surface area contributed by atoms with Gasteiger partial charge in [-0.1, -0.05) is 30.3 Å². The molecule has 70 valence electrons. The summed E-state index contributed by atoms with van der Waals surface area (Å²) in [5.41, 5.74) is 0.617. The van der Waals surface area contributed by atoms with Crippen LogP contribution in [-0.2, 0) is 0 Å². The number of ketones is 1. The quantitative estimate of drug-likeness (QED) is 0.592. The third-order valence-electron chi connectivity index (χ3n) is 1.69. The van der Waals surface area contributed by atoms with Gasteiger partial charge in [0.05, 0.1) is 6.10 Å². The van der Waals surface area contributed by atoms with Gasteiger partial charge in [0.1, 0.15) is 0 Å². The van der Waals surface area contributed by atoms with Crippen molar-refractivity contribution in [3.63, 3.8) is 0 Å². The Kier molecular flexibility index (Phi) is 3.93. The lowest BCUT2D eigenvalue weighted by atomic mass is 10.1. The van der Waals surface area contributed by atoms with Crippen LogP contribution in [0.1, 0.15) is 16.8 Å². The van der Waals surface area contributed by atoms with Gasteiger partial charge in [-0.15, -0.1) is 11.6 Å². The number of hydrogen-bond acceptors (Lipinski definition) is 2. The smallest absolute Gasteiger partial charge is 0.165 e. The lowest BCUT2D eigenvalue weighted by molar-refractivity contribution is 0.0904. The normalized spacial score (nSPS) is 12.5. The van der Waals surface area contributed by atoms with E-state index in [0.29, 0.717) is 5.56 Å². The zero-order chi connectivity index (χ0) is 9.68. The van der Waals surface area contributed by atoms with Crippen molar-refractivity contribution in [1.82, 2.24) is 0 Å². The van der Waals surface area contributed by atoms with Crippen LogP contribution in [0.2, 0.25) is 0 Å². The predicted octanol–water partition coefficient (Wildman–Crippen LogP) is 1.86. The number of benzene rings is 1. The Labute approximate surface area is 82.2 Å². The first-order valence-electron chi connectivity index (χ1n) is 4.06. The minimum Gasteiger partial charge on any atom is -0.391 e. The average Bonchev–Trinajstić information content (AvgIpc) is 2.19. The van der Waals surface area contributed by atoms with E-state index in [9.17, 15) is 4.79 Å². The van der Waals surface area contributed by atoms with Gasteiger partial charge in [-0.2, -0.15) is 0 Å². The molecule has 0 unspecified atom stereocenters. The summed E-state index contributed by atoms with van der Waals surface area (Å²) < 4.78 is 0. The van der Waals surface area contributed by atoms with Crippen LogP contribution in [0.15, 0.2) is 30.3 Å². The summed E-state index contributed by atoms with van der Waals surface area (Å²) in [4.78, 5) is 11.4. The summed E-state index contributed by atoms with van der Waals surface area (Å²) in [5, 5.41) is 9.14. The van der Waals surface area contributed by atoms with Crippen molar-refractivity contribution in [1.29, 1.82) is 0 Å². The first-order valence-corrected chi connectivity index (χ1v) is 4.59. The number of aliphatic hydroxyl groups is 1. The summed E-state index contributed by atoms with van der Waals surface area (Å²) >= 11 is 5.38. The molecule has 0 saturated carbocycles. The number of rotatable bonds is 4. The van der Waals surface area contributed by atoms with E-state index in [-0.39, 0.29) is 18.1 Å². The maximum Gasteiger partial charge on any atom is 0.165 e. The number of alkyl halides is 1. The maximum atomic E-state index is 11.4. The molecule has 0 aliphatic rings. The van der Waals surface area contributed by atoms with Crippen LogP contribution in [0.5, 0.6) is 0 Å². The fraction of sp³-hybridized carbons (Fsp3) is 0.300. The van der Waals surface area contributed by atoms with E-state index in [1.165, 1.54) is 0 Å². The van der Waals surface area contributed by atoms with Crippen molar-refractivity contribution in [3.8, 4) is 0 Å². The number of carbonyl (C=O) groups is 1. The molecule has 0 bridgehead atoms. The van der Waals surface area contributed by atoms with Crippen molar-refractivity contribution in [2.24, 2.45) is 0 Å². The molecule has 0 aliphatic heterocycles. The first-order chi connectivity index (χ1) is 6.24. The van der Waals surface area contributed by atoms with Crippen LogP contribution in [0.4, 0.5) is 0 Å². The van der Waals surface area contributed by atoms with Crippen LogP contribution < -0.4 is 0 Å². The molecule has 3 heteroatoms. The van der Waals surface area contributed by atoms with Crippen LogP contribution in [0, 0.1) is 0 Å². The molecule has 1 aromatic carbocycles. The molecule has 1 atom stereocenters. The summed E-state index contributed by atoms with van der Waals surface area (Å²) in [6, 6.07) is 8.88. The molecular weight excluding hydrogens is 188 g/mol. The van der Waals surface area contributed by atoms with Crippen LogP contribution in [0.25, 0.3) is 0 Å². The van der Waals surface area contributed by atoms with E-state index in [0.717, 1.165) is 0 Å². The van der Waals surface area contributed by atoms with Crippen molar-refractivity contribution < 1.29 is 9.90 Å². The van der Waals surface area contributed by atoms with Gasteiger partial charge >= 0.3 is 0 Å². The second-order valence-electron chi connectivity index (χ2n) is 2.80. The molecule has 2 nitrogen and oxygen atoms in total. The molecule has 1 N–H and O–H groups in total. The zero-order valence-electron chi connectivity index (χ0n) is 7.11. The SMILES string of the molecule is O=C(C[C@@H](O)CCl)c1ccccc1. The van der Waals surface area contributed by atoms with Gasteiger partial charge in [0, 0.05) is 17.9 Å². The summed E-state index contributed by atoms with van der Waals surface area (Å²) in [6.45, 7) is 0. The molecule has 0 saturated heterocycles. The Morgan fingerprint density at radius 2 is 2.00 bits per heavy atom. The summed E-state index contributed by atoms with van der Waals surface area (Å²) in [6.07, 6.45) is -0.651. The Hall–Kier alpha value is -0.860. The number of hydrogen-bond donors (Lipinski definition) is 1. The Bertz CT molecular complexity index is 272. The third kappa shape index (κ3) is 3.17. The van der Waals surface area contributed by atoms with Crippen molar-refractivity contribution >= 4 is 17.4 Å². The van der Waals surface area contributed by atoms with E-state index in [2.05, 4.69) is 0 Å². The second kappa shape index (κ2) is 5.00. The minimum absolute atomic E-state index is 0.0752. The van der Waals surface area contributed by atoms with Gasteiger partial charge in [-0.3, -0.25) is 4.79 Å². The molecule has 0 amide bonds. The van der Waals surface area contributed by atoms with Gasteiger partial charge in [0.2, 0.25) is 0 Å². The lowest BCUT2D eigenvalue weighted by Gasteiger charge is -2.04. The zero-order valence-corrected chi connectivity index (χ0v) is 7.87. The van der Waals surface area contributed by atoms with Crippen LogP contribution >= 0.6 is 11.6 Å². The topological polar surface area (TPSA) is 37.3 Å². The molecule has 0 radical (unpaired) electrons. The van der Waals surface area contributed by atoms with Crippen LogP contribution in [-0.4, -0.2) is 22.9 Å². The Balaban J connectivity index is 2.59. The van der Waals surface area contributed by atoms with E-state index < -0.39 is 6.10 Å². The number of halogens is 1. The summed E-state index contributed by atoms with van der Waals surface area (Å²) in [7, 11) is 0. The fourth-order valence-electron chi connectivity index (χ4n) is 1.01. The number of carbonyl (C=O) groups excluding carboxylic acids is 1. The van der Waals surface area contributed by atoms with Crippen molar-refractivity contribution in [2.75, 3.05) is 5.88 Å². The molecular formula is C10H11ClO2. The second-order valence-corrected chi connectivity index (χ2v) is 3.11. The van der Waals surface area contributed by atoms with Crippen LogP contribution in [0.3, 0.4) is 0 Å². The molecule has 0 fully saturated rings. The first kappa shape index (κ1) is 10.2. The van der Waals surface area contributed by atoms with Gasteiger partial charge in [0.25, 0.3) is 0 Å². The largest absolute Gasteiger partial charge is 0.391 e. The average molecular weight is 199 g/mol. The standard InChI is InChI=1S/C10H11ClO2/c11-7-9(12)6-10(13)8-4-2-1-3-5-8/h1-5,9,12H,6-7H2/t9-/m1/s1. The molecule has 13 heavy (non-hydrogen) atoms. The van der Waals surface area contributed by atoms with Gasteiger partial charge < -0.3 is 5.11 Å². The highest BCUT2D eigenvalue weighted by molar-refractivity contribution is 6.18. The van der Waals surface area contributed by atoms with Gasteiger partial charge in [-0.05, 0) is 0 Å². The molecule has 1 rings (SSSR count). The Morgan fingerprint density at radius 3 is 2.54 bits per heavy atom. The van der Waals surface area contributed by atoms with E-state index in [4.69, 9.17) is 16.7 Å². The molecule has 0 aromatic heterocycles. The number of aliphatic hydroxyl groups excluding tert-OH is 1. The van der Waals surface area contributed by atoms with E-state index in [1.54, 1.807) is 24.3 Å². The number of Topliss-reactive ketones (excluding diaryl/α,β-unsaturated/α-hetero) is 1. The third-order valence-corrected chi connectivity index (χ3v) is 2.05. The van der Waals surface area contributed by atoms with Gasteiger partial charge in [0.15, 0.2) is 5.78 Å². The highest BCUT2D eigenvalue weighted by atomic mass is 35.5. The molecule has 1 aromatic rings. The fourth-order valence-corrected chi connectivity index (χ4v) is 1.12. The van der Waals surface area contributed by atoms with Gasteiger partial charge in [-0.25, -0.2) is 0 Å². The summed E-state index contributed by atoms with van der Waals surface area (Å²) in [5.74, 6) is 0.0206. The van der Waals surface area contributed by atoms with Crippen molar-refractivity contribution in [2.45, 2.75) is 12.5 Å². The monoisotopic (exact) mass is 198 g/mol. The highest BCUT2D eigenvalue weighted by Crippen LogP contribution is 2.05. The maximum absolute atomic E-state index is 11.4. The molecule has 0 spiro atoms. The molecule has 0 aliphatic carbocycles. The van der Waals surface area contributed by atoms with Crippen molar-refractivity contribution in [3.05, 3.63) is 35.9 Å². The Morgan fingerprint density at radius 1 is 1.38 bits per heavy atom. The lowest BCUT2D eigenvalue weighted by Crippen LogP contribution is -2.14. The molecule has 0 heterocycles. The highest BCUT2D eigenvalue weighted by Gasteiger charge is 2.10. The predicted molar refractivity (Wildman–Crippen MR) is 52.1 cm³/mol. The van der Waals surface area contributed by atoms with E-state index >= 15 is 0 Å². The minimum atomic E-state index is -0.741.